The molecule has 1 fully saturated rings. The highest BCUT2D eigenvalue weighted by Crippen LogP contribution is 2.27. The van der Waals surface area contributed by atoms with Crippen molar-refractivity contribution in [2.24, 2.45) is 11.7 Å². The van der Waals surface area contributed by atoms with Crippen molar-refractivity contribution >= 4 is 18.3 Å². The average Bonchev–Trinajstić information content (AvgIpc) is 2.86. The molecule has 2 atom stereocenters. The molecule has 1 aromatic rings. The Labute approximate surface area is 139 Å². The van der Waals surface area contributed by atoms with Crippen molar-refractivity contribution in [2.75, 3.05) is 6.54 Å². The fraction of sp³-hybridized carbons (Fsp3) is 0.533. The highest BCUT2D eigenvalue weighted by atomic mass is 35.5. The molecule has 0 bridgehead atoms. The zero-order valence-electron chi connectivity index (χ0n) is 12.4. The molecule has 23 heavy (non-hydrogen) atoms. The number of hydrogen-bond acceptors (Lipinski definition) is 3. The third kappa shape index (κ3) is 6.27. The van der Waals surface area contributed by atoms with Crippen molar-refractivity contribution in [3.05, 3.63) is 29.8 Å². The highest BCUT2D eigenvalue weighted by Gasteiger charge is 2.32. The van der Waals surface area contributed by atoms with Crippen LogP contribution in [0.5, 0.6) is 5.75 Å². The molecule has 4 nitrogen and oxygen atoms in total. The first-order chi connectivity index (χ1) is 10.3. The van der Waals surface area contributed by atoms with Crippen molar-refractivity contribution in [1.82, 2.24) is 5.32 Å². The largest absolute Gasteiger partial charge is 0.573 e. The van der Waals surface area contributed by atoms with Gasteiger partial charge in [0.15, 0.2) is 0 Å². The van der Waals surface area contributed by atoms with Crippen LogP contribution in [0.25, 0.3) is 0 Å². The number of nitrogens with two attached hydrogens (primary N) is 1. The number of para-hydroxylation sites is 1. The molecule has 0 spiro atoms. The standard InChI is InChI=1S/C15H19F3N2O2.ClH/c16-15(17,18)22-13-4-2-1-3-10(13)7-8-20-14(21)11-5-6-12(19)9-11;/h1-4,11-12H,5-9,19H2,(H,20,21);1H. The lowest BCUT2D eigenvalue weighted by Gasteiger charge is -2.14. The maximum atomic E-state index is 12.3. The summed E-state index contributed by atoms with van der Waals surface area (Å²) in [4.78, 5) is 11.9. The summed E-state index contributed by atoms with van der Waals surface area (Å²) in [5, 5.41) is 2.75. The van der Waals surface area contributed by atoms with E-state index < -0.39 is 6.36 Å². The van der Waals surface area contributed by atoms with Gasteiger partial charge < -0.3 is 15.8 Å². The summed E-state index contributed by atoms with van der Waals surface area (Å²) in [5.74, 6) is -0.397. The molecule has 2 rings (SSSR count). The molecule has 0 heterocycles. The molecule has 3 N–H and O–H groups in total. The molecule has 1 aliphatic rings. The molecule has 1 aliphatic carbocycles. The SMILES string of the molecule is Cl.NC1CCC(C(=O)NCCc2ccccc2OC(F)(F)F)C1. The molecule has 1 aromatic carbocycles. The molecule has 8 heteroatoms. The summed E-state index contributed by atoms with van der Waals surface area (Å²) >= 11 is 0. The Morgan fingerprint density at radius 2 is 2.00 bits per heavy atom. The number of hydrogen-bond donors (Lipinski definition) is 2. The number of carbonyl (C=O) groups excluding carboxylic acids is 1. The minimum absolute atomic E-state index is 0. The van der Waals surface area contributed by atoms with Crippen LogP contribution in [0.15, 0.2) is 24.3 Å². The fourth-order valence-electron chi connectivity index (χ4n) is 2.65. The Morgan fingerprint density at radius 1 is 1.30 bits per heavy atom. The molecule has 1 amide bonds. The van der Waals surface area contributed by atoms with Crippen LogP contribution in [0.2, 0.25) is 0 Å². The Morgan fingerprint density at radius 3 is 2.61 bits per heavy atom. The molecule has 1 saturated carbocycles. The van der Waals surface area contributed by atoms with Gasteiger partial charge in [-0.2, -0.15) is 0 Å². The molecule has 0 aromatic heterocycles. The Bertz CT molecular complexity index is 526. The molecule has 0 saturated heterocycles. The van der Waals surface area contributed by atoms with Gasteiger partial charge in [0.1, 0.15) is 5.75 Å². The van der Waals surface area contributed by atoms with Crippen molar-refractivity contribution in [3.8, 4) is 5.75 Å². The van der Waals surface area contributed by atoms with Gasteiger partial charge >= 0.3 is 6.36 Å². The average molecular weight is 353 g/mol. The zero-order valence-corrected chi connectivity index (χ0v) is 13.3. The Hall–Kier alpha value is -1.47. The van der Waals surface area contributed by atoms with Gasteiger partial charge in [0.05, 0.1) is 0 Å². The van der Waals surface area contributed by atoms with Gasteiger partial charge in [0.2, 0.25) is 5.91 Å². The van der Waals surface area contributed by atoms with E-state index in [1.54, 1.807) is 12.1 Å². The van der Waals surface area contributed by atoms with E-state index in [9.17, 15) is 18.0 Å². The third-order valence-electron chi connectivity index (χ3n) is 3.74. The predicted octanol–water partition coefficient (Wildman–Crippen LogP) is 2.79. The van der Waals surface area contributed by atoms with Crippen LogP contribution in [0.1, 0.15) is 24.8 Å². The number of nitrogens with one attached hydrogen (secondary N) is 1. The van der Waals surface area contributed by atoms with Gasteiger partial charge in [0.25, 0.3) is 0 Å². The number of ether oxygens (including phenoxy) is 1. The highest BCUT2D eigenvalue weighted by molar-refractivity contribution is 5.85. The molecular formula is C15H20ClF3N2O2. The smallest absolute Gasteiger partial charge is 0.406 e. The van der Waals surface area contributed by atoms with Crippen molar-refractivity contribution in [3.63, 3.8) is 0 Å². The van der Waals surface area contributed by atoms with Crippen LogP contribution >= 0.6 is 12.4 Å². The topological polar surface area (TPSA) is 64.4 Å². The lowest BCUT2D eigenvalue weighted by Crippen LogP contribution is -2.32. The van der Waals surface area contributed by atoms with Crippen LogP contribution in [-0.4, -0.2) is 24.9 Å². The zero-order chi connectivity index (χ0) is 16.2. The van der Waals surface area contributed by atoms with Crippen molar-refractivity contribution in [2.45, 2.75) is 38.1 Å². The lowest BCUT2D eigenvalue weighted by atomic mass is 10.1. The first-order valence-corrected chi connectivity index (χ1v) is 7.22. The number of alkyl halides is 3. The van der Waals surface area contributed by atoms with Gasteiger partial charge in [0, 0.05) is 18.5 Å². The van der Waals surface area contributed by atoms with Gasteiger partial charge in [-0.1, -0.05) is 18.2 Å². The van der Waals surface area contributed by atoms with Gasteiger partial charge in [-0.05, 0) is 37.3 Å². The minimum Gasteiger partial charge on any atom is -0.406 e. The van der Waals surface area contributed by atoms with Crippen molar-refractivity contribution < 1.29 is 22.7 Å². The normalized spacial score (nSPS) is 20.7. The number of rotatable bonds is 5. The number of amides is 1. The van der Waals surface area contributed by atoms with E-state index in [2.05, 4.69) is 10.1 Å². The fourth-order valence-corrected chi connectivity index (χ4v) is 2.65. The van der Waals surface area contributed by atoms with Crippen molar-refractivity contribution in [1.29, 1.82) is 0 Å². The van der Waals surface area contributed by atoms with Gasteiger partial charge in [-0.25, -0.2) is 0 Å². The Kier molecular flexibility index (Phi) is 7.15. The predicted molar refractivity (Wildman–Crippen MR) is 82.4 cm³/mol. The summed E-state index contributed by atoms with van der Waals surface area (Å²) in [6, 6.07) is 6.00. The Balaban J connectivity index is 0.00000264. The first-order valence-electron chi connectivity index (χ1n) is 7.22. The number of halogens is 4. The van der Waals surface area contributed by atoms with Crippen LogP contribution in [0.4, 0.5) is 13.2 Å². The van der Waals surface area contributed by atoms with Gasteiger partial charge in [-0.15, -0.1) is 25.6 Å². The molecule has 0 radical (unpaired) electrons. The minimum atomic E-state index is -4.72. The monoisotopic (exact) mass is 352 g/mol. The van der Waals surface area contributed by atoms with Crippen LogP contribution in [0, 0.1) is 5.92 Å². The van der Waals surface area contributed by atoms with E-state index in [0.717, 1.165) is 12.8 Å². The quantitative estimate of drug-likeness (QED) is 0.856. The summed E-state index contributed by atoms with van der Waals surface area (Å²) in [7, 11) is 0. The maximum Gasteiger partial charge on any atom is 0.573 e. The number of benzene rings is 1. The second kappa shape index (κ2) is 8.40. The van der Waals surface area contributed by atoms with E-state index in [-0.39, 0.29) is 49.0 Å². The van der Waals surface area contributed by atoms with E-state index >= 15 is 0 Å². The molecule has 2 unspecified atom stereocenters. The summed E-state index contributed by atoms with van der Waals surface area (Å²) in [5.41, 5.74) is 6.16. The number of carbonyl (C=O) groups is 1. The van der Waals surface area contributed by atoms with Crippen LogP contribution in [-0.2, 0) is 11.2 Å². The van der Waals surface area contributed by atoms with Crippen LogP contribution in [0.3, 0.4) is 0 Å². The second-order valence-corrected chi connectivity index (χ2v) is 5.47. The molecule has 0 aliphatic heterocycles. The van der Waals surface area contributed by atoms with Gasteiger partial charge in [-0.3, -0.25) is 4.79 Å². The second-order valence-electron chi connectivity index (χ2n) is 5.47. The summed E-state index contributed by atoms with van der Waals surface area (Å²) in [6.45, 7) is 0.267. The summed E-state index contributed by atoms with van der Waals surface area (Å²) < 4.78 is 40.9. The van der Waals surface area contributed by atoms with E-state index in [1.807, 2.05) is 0 Å². The molecule has 130 valence electrons. The summed E-state index contributed by atoms with van der Waals surface area (Å²) in [6.07, 6.45) is -2.18. The third-order valence-corrected chi connectivity index (χ3v) is 3.74. The maximum absolute atomic E-state index is 12.3. The van der Waals surface area contributed by atoms with E-state index in [1.165, 1.54) is 12.1 Å². The van der Waals surface area contributed by atoms with Crippen LogP contribution < -0.4 is 15.8 Å². The first kappa shape index (κ1) is 19.6. The molecular weight excluding hydrogens is 333 g/mol. The lowest BCUT2D eigenvalue weighted by molar-refractivity contribution is -0.274. The van der Waals surface area contributed by atoms with E-state index in [4.69, 9.17) is 5.73 Å². The van der Waals surface area contributed by atoms with E-state index in [0.29, 0.717) is 12.0 Å².